The van der Waals surface area contributed by atoms with E-state index in [1.807, 2.05) is 0 Å². The first kappa shape index (κ1) is 15.8. The third-order valence-electron chi connectivity index (χ3n) is 3.73. The van der Waals surface area contributed by atoms with Gasteiger partial charge >= 0.3 is 0 Å². The second-order valence-electron chi connectivity index (χ2n) is 5.51. The predicted octanol–water partition coefficient (Wildman–Crippen LogP) is 2.27. The standard InChI is InChI=1S/C14H21ClN2O2S/c1-11-5-3-7-13(14(11)15)20(18,19)16-9-12-6-4-8-17(2)10-12/h3,5,7,12,16H,4,6,8-10H2,1-2H3/t12-/m0/s1. The van der Waals surface area contributed by atoms with Gasteiger partial charge in [-0.3, -0.25) is 0 Å². The van der Waals surface area contributed by atoms with Crippen LogP contribution in [0.4, 0.5) is 0 Å². The largest absolute Gasteiger partial charge is 0.306 e. The van der Waals surface area contributed by atoms with Crippen molar-refractivity contribution in [1.82, 2.24) is 9.62 Å². The molecule has 1 saturated heterocycles. The third-order valence-corrected chi connectivity index (χ3v) is 5.81. The highest BCUT2D eigenvalue weighted by Gasteiger charge is 2.22. The van der Waals surface area contributed by atoms with E-state index in [1.165, 1.54) is 0 Å². The van der Waals surface area contributed by atoms with Crippen LogP contribution >= 0.6 is 11.6 Å². The topological polar surface area (TPSA) is 49.4 Å². The van der Waals surface area contributed by atoms with Gasteiger partial charge in [-0.15, -0.1) is 0 Å². The van der Waals surface area contributed by atoms with Gasteiger partial charge in [0.05, 0.1) is 5.02 Å². The average molecular weight is 317 g/mol. The Bertz CT molecular complexity index is 575. The molecule has 4 nitrogen and oxygen atoms in total. The highest BCUT2D eigenvalue weighted by atomic mass is 35.5. The molecule has 0 aliphatic carbocycles. The minimum atomic E-state index is -3.53. The molecule has 1 atom stereocenters. The number of piperidine rings is 1. The summed E-state index contributed by atoms with van der Waals surface area (Å²) in [7, 11) is -1.46. The van der Waals surface area contributed by atoms with Crippen molar-refractivity contribution in [3.05, 3.63) is 28.8 Å². The first-order chi connectivity index (χ1) is 9.40. The maximum absolute atomic E-state index is 12.3. The van der Waals surface area contributed by atoms with Gasteiger partial charge in [0.25, 0.3) is 0 Å². The molecular formula is C14H21ClN2O2S. The SMILES string of the molecule is Cc1cccc(S(=O)(=O)NC[C@@H]2CCCN(C)C2)c1Cl. The summed E-state index contributed by atoms with van der Waals surface area (Å²) < 4.78 is 27.3. The quantitative estimate of drug-likeness (QED) is 0.927. The number of likely N-dealkylation sites (tertiary alicyclic amines) is 1. The second kappa shape index (κ2) is 6.43. The molecule has 1 N–H and O–H groups in total. The normalized spacial score (nSPS) is 21.1. The van der Waals surface area contributed by atoms with E-state index in [4.69, 9.17) is 11.6 Å². The second-order valence-corrected chi connectivity index (χ2v) is 7.62. The smallest absolute Gasteiger partial charge is 0.242 e. The van der Waals surface area contributed by atoms with Gasteiger partial charge in [0.2, 0.25) is 10.0 Å². The molecule has 112 valence electrons. The number of hydrogen-bond acceptors (Lipinski definition) is 3. The molecule has 0 aromatic heterocycles. The van der Waals surface area contributed by atoms with Crippen LogP contribution in [-0.2, 0) is 10.0 Å². The lowest BCUT2D eigenvalue weighted by molar-refractivity contribution is 0.211. The lowest BCUT2D eigenvalue weighted by atomic mass is 9.99. The lowest BCUT2D eigenvalue weighted by Crippen LogP contribution is -2.39. The van der Waals surface area contributed by atoms with Crippen molar-refractivity contribution in [2.45, 2.75) is 24.7 Å². The van der Waals surface area contributed by atoms with E-state index in [2.05, 4.69) is 16.7 Å². The summed E-state index contributed by atoms with van der Waals surface area (Å²) in [5.41, 5.74) is 0.770. The van der Waals surface area contributed by atoms with E-state index in [9.17, 15) is 8.42 Å². The van der Waals surface area contributed by atoms with Crippen molar-refractivity contribution in [3.63, 3.8) is 0 Å². The van der Waals surface area contributed by atoms with Crippen LogP contribution in [0, 0.1) is 12.8 Å². The average Bonchev–Trinajstić information content (AvgIpc) is 2.40. The van der Waals surface area contributed by atoms with Gasteiger partial charge in [-0.2, -0.15) is 0 Å². The fraction of sp³-hybridized carbons (Fsp3) is 0.571. The van der Waals surface area contributed by atoms with Crippen molar-refractivity contribution in [3.8, 4) is 0 Å². The summed E-state index contributed by atoms with van der Waals surface area (Å²) in [6.07, 6.45) is 2.18. The summed E-state index contributed by atoms with van der Waals surface area (Å²) >= 11 is 6.10. The molecule has 1 heterocycles. The van der Waals surface area contributed by atoms with E-state index in [0.29, 0.717) is 17.5 Å². The van der Waals surface area contributed by atoms with Crippen LogP contribution in [0.3, 0.4) is 0 Å². The van der Waals surface area contributed by atoms with Gasteiger partial charge in [0.1, 0.15) is 4.90 Å². The van der Waals surface area contributed by atoms with Crippen LogP contribution in [0.5, 0.6) is 0 Å². The van der Waals surface area contributed by atoms with Crippen molar-refractivity contribution >= 4 is 21.6 Å². The molecule has 2 rings (SSSR count). The summed E-state index contributed by atoms with van der Waals surface area (Å²) in [5, 5.41) is 0.306. The van der Waals surface area contributed by atoms with E-state index < -0.39 is 10.0 Å². The fourth-order valence-electron chi connectivity index (χ4n) is 2.57. The molecule has 6 heteroatoms. The Morgan fingerprint density at radius 1 is 1.45 bits per heavy atom. The molecule has 0 radical (unpaired) electrons. The molecule has 0 amide bonds. The van der Waals surface area contributed by atoms with Crippen molar-refractivity contribution in [2.75, 3.05) is 26.7 Å². The summed E-state index contributed by atoms with van der Waals surface area (Å²) in [4.78, 5) is 2.41. The number of benzene rings is 1. The molecule has 0 saturated carbocycles. The minimum Gasteiger partial charge on any atom is -0.306 e. The van der Waals surface area contributed by atoms with Crippen molar-refractivity contribution in [2.24, 2.45) is 5.92 Å². The van der Waals surface area contributed by atoms with Crippen LogP contribution in [0.1, 0.15) is 18.4 Å². The Balaban J connectivity index is 2.06. The van der Waals surface area contributed by atoms with E-state index >= 15 is 0 Å². The Hall–Kier alpha value is -0.620. The number of nitrogens with zero attached hydrogens (tertiary/aromatic N) is 1. The van der Waals surface area contributed by atoms with Crippen LogP contribution in [0.15, 0.2) is 23.1 Å². The van der Waals surface area contributed by atoms with Crippen molar-refractivity contribution < 1.29 is 8.42 Å². The van der Waals surface area contributed by atoms with Gasteiger partial charge in [-0.1, -0.05) is 23.7 Å². The molecule has 1 fully saturated rings. The fourth-order valence-corrected chi connectivity index (χ4v) is 4.27. The Morgan fingerprint density at radius 2 is 2.20 bits per heavy atom. The monoisotopic (exact) mass is 316 g/mol. The zero-order chi connectivity index (χ0) is 14.8. The predicted molar refractivity (Wildman–Crippen MR) is 81.6 cm³/mol. The van der Waals surface area contributed by atoms with Crippen molar-refractivity contribution in [1.29, 1.82) is 0 Å². The van der Waals surface area contributed by atoms with Crippen LogP contribution < -0.4 is 4.72 Å². The molecule has 1 aromatic carbocycles. The molecule has 20 heavy (non-hydrogen) atoms. The number of rotatable bonds is 4. The van der Waals surface area contributed by atoms with Gasteiger partial charge in [-0.25, -0.2) is 13.1 Å². The number of nitrogens with one attached hydrogen (secondary N) is 1. The first-order valence-electron chi connectivity index (χ1n) is 6.83. The highest BCUT2D eigenvalue weighted by Crippen LogP contribution is 2.24. The van der Waals surface area contributed by atoms with Gasteiger partial charge in [-0.05, 0) is 50.9 Å². The Labute approximate surface area is 126 Å². The molecule has 1 aliphatic rings. The van der Waals surface area contributed by atoms with Gasteiger partial charge in [0.15, 0.2) is 0 Å². The lowest BCUT2D eigenvalue weighted by Gasteiger charge is -2.29. The van der Waals surface area contributed by atoms with Gasteiger partial charge in [0, 0.05) is 13.1 Å². The Morgan fingerprint density at radius 3 is 2.90 bits per heavy atom. The number of aryl methyl sites for hydroxylation is 1. The number of sulfonamides is 1. The van der Waals surface area contributed by atoms with Crippen LogP contribution in [0.2, 0.25) is 5.02 Å². The molecule has 0 bridgehead atoms. The molecular weight excluding hydrogens is 296 g/mol. The third kappa shape index (κ3) is 3.73. The summed E-state index contributed by atoms with van der Waals surface area (Å²) in [6.45, 7) is 4.30. The van der Waals surface area contributed by atoms with Crippen LogP contribution in [-0.4, -0.2) is 40.0 Å². The summed E-state index contributed by atoms with van der Waals surface area (Å²) in [6, 6.07) is 5.06. The maximum atomic E-state index is 12.3. The molecule has 1 aliphatic heterocycles. The summed E-state index contributed by atoms with van der Waals surface area (Å²) in [5.74, 6) is 0.368. The molecule has 1 aromatic rings. The molecule has 0 unspecified atom stereocenters. The zero-order valence-electron chi connectivity index (χ0n) is 11.9. The minimum absolute atomic E-state index is 0.170. The number of hydrogen-bond donors (Lipinski definition) is 1. The molecule has 0 spiro atoms. The van der Waals surface area contributed by atoms with Crippen LogP contribution in [0.25, 0.3) is 0 Å². The van der Waals surface area contributed by atoms with Gasteiger partial charge < -0.3 is 4.90 Å². The maximum Gasteiger partial charge on any atom is 0.242 e. The first-order valence-corrected chi connectivity index (χ1v) is 8.69. The zero-order valence-corrected chi connectivity index (χ0v) is 13.5. The highest BCUT2D eigenvalue weighted by molar-refractivity contribution is 7.89. The van der Waals surface area contributed by atoms with E-state index in [1.54, 1.807) is 25.1 Å². The Kier molecular flexibility index (Phi) is 5.07. The number of halogens is 1. The van der Waals surface area contributed by atoms with E-state index in [-0.39, 0.29) is 4.90 Å². The van der Waals surface area contributed by atoms with E-state index in [0.717, 1.165) is 31.5 Å².